The number of carbonyl (C=O) groups excluding carboxylic acids is 2. The Hall–Kier alpha value is -3.49. The lowest BCUT2D eigenvalue weighted by Gasteiger charge is -2.13. The highest BCUT2D eigenvalue weighted by Gasteiger charge is 2.19. The van der Waals surface area contributed by atoms with Crippen molar-refractivity contribution in [2.75, 3.05) is 23.8 Å². The Labute approximate surface area is 174 Å². The smallest absolute Gasteiger partial charge is 0.261 e. The molecule has 8 heteroatoms. The van der Waals surface area contributed by atoms with Crippen LogP contribution in [-0.2, 0) is 19.6 Å². The van der Waals surface area contributed by atoms with Crippen LogP contribution in [0.1, 0.15) is 15.9 Å². The Bertz CT molecular complexity index is 1140. The van der Waals surface area contributed by atoms with Crippen LogP contribution in [0.15, 0.2) is 83.8 Å². The zero-order chi connectivity index (χ0) is 21.6. The minimum absolute atomic E-state index is 0.00537. The van der Waals surface area contributed by atoms with Gasteiger partial charge in [0.25, 0.3) is 10.0 Å². The molecule has 154 valence electrons. The molecule has 7 nitrogen and oxygen atoms in total. The first kappa shape index (κ1) is 21.2. The summed E-state index contributed by atoms with van der Waals surface area (Å²) in [6.45, 7) is -0.103. The number of methoxy groups -OCH3 is 1. The van der Waals surface area contributed by atoms with E-state index in [-0.39, 0.29) is 34.4 Å². The molecule has 0 saturated heterocycles. The summed E-state index contributed by atoms with van der Waals surface area (Å²) >= 11 is 0. The SMILES string of the molecule is COCC(=O)Nc1ccc(S(=O)(=O)Nc2ccccc2C(=O)c2ccccc2)cc1. The highest BCUT2D eigenvalue weighted by atomic mass is 32.2. The molecule has 0 aliphatic rings. The van der Waals surface area contributed by atoms with Gasteiger partial charge in [-0.1, -0.05) is 42.5 Å². The molecule has 0 aliphatic carbocycles. The van der Waals surface area contributed by atoms with Crippen LogP contribution in [-0.4, -0.2) is 33.8 Å². The van der Waals surface area contributed by atoms with Gasteiger partial charge in [0.1, 0.15) is 6.61 Å². The van der Waals surface area contributed by atoms with Crippen molar-refractivity contribution in [3.63, 3.8) is 0 Å². The Morgan fingerprint density at radius 2 is 1.50 bits per heavy atom. The number of ether oxygens (including phenoxy) is 1. The number of ketones is 1. The molecule has 0 bridgehead atoms. The van der Waals surface area contributed by atoms with Crippen molar-refractivity contribution in [3.05, 3.63) is 90.0 Å². The standard InChI is InChI=1S/C22H20N2O5S/c1-29-15-21(25)23-17-11-13-18(14-12-17)30(27,28)24-20-10-6-5-9-19(20)22(26)16-7-3-2-4-8-16/h2-14,24H,15H2,1H3,(H,23,25). The van der Waals surface area contributed by atoms with Crippen LogP contribution in [0, 0.1) is 0 Å². The Kier molecular flexibility index (Phi) is 6.61. The number of benzene rings is 3. The van der Waals surface area contributed by atoms with Gasteiger partial charge in [0.15, 0.2) is 5.78 Å². The second-order valence-electron chi connectivity index (χ2n) is 6.35. The molecule has 0 unspecified atom stereocenters. The van der Waals surface area contributed by atoms with Crippen molar-refractivity contribution in [2.24, 2.45) is 0 Å². The van der Waals surface area contributed by atoms with Gasteiger partial charge in [-0.3, -0.25) is 14.3 Å². The molecule has 3 aromatic rings. The van der Waals surface area contributed by atoms with E-state index in [9.17, 15) is 18.0 Å². The second-order valence-corrected chi connectivity index (χ2v) is 8.03. The molecule has 3 rings (SSSR count). The molecule has 30 heavy (non-hydrogen) atoms. The van der Waals surface area contributed by atoms with Crippen molar-refractivity contribution >= 4 is 33.1 Å². The summed E-state index contributed by atoms with van der Waals surface area (Å²) in [4.78, 5) is 24.4. The summed E-state index contributed by atoms with van der Waals surface area (Å²) < 4.78 is 32.9. The first-order chi connectivity index (χ1) is 14.4. The molecule has 3 aromatic carbocycles. The lowest BCUT2D eigenvalue weighted by molar-refractivity contribution is -0.119. The van der Waals surface area contributed by atoms with E-state index in [0.717, 1.165) is 0 Å². The van der Waals surface area contributed by atoms with Gasteiger partial charge >= 0.3 is 0 Å². The third kappa shape index (κ3) is 5.11. The van der Waals surface area contributed by atoms with Gasteiger partial charge in [-0.2, -0.15) is 0 Å². The highest BCUT2D eigenvalue weighted by molar-refractivity contribution is 7.92. The first-order valence-corrected chi connectivity index (χ1v) is 10.5. The van der Waals surface area contributed by atoms with Crippen LogP contribution >= 0.6 is 0 Å². The van der Waals surface area contributed by atoms with Gasteiger partial charge in [0.2, 0.25) is 5.91 Å². The van der Waals surface area contributed by atoms with Gasteiger partial charge in [-0.25, -0.2) is 8.42 Å². The van der Waals surface area contributed by atoms with Crippen molar-refractivity contribution in [1.82, 2.24) is 0 Å². The summed E-state index contributed by atoms with van der Waals surface area (Å²) in [6.07, 6.45) is 0. The van der Waals surface area contributed by atoms with Gasteiger partial charge in [-0.05, 0) is 36.4 Å². The lowest BCUT2D eigenvalue weighted by Crippen LogP contribution is -2.18. The molecule has 0 spiro atoms. The molecular weight excluding hydrogens is 404 g/mol. The van der Waals surface area contributed by atoms with E-state index in [1.54, 1.807) is 48.5 Å². The fourth-order valence-corrected chi connectivity index (χ4v) is 3.84. The summed E-state index contributed by atoms with van der Waals surface area (Å²) in [6, 6.07) is 20.7. The number of sulfonamides is 1. The average molecular weight is 424 g/mol. The number of amides is 1. The summed E-state index contributed by atoms with van der Waals surface area (Å²) in [5, 5.41) is 2.59. The van der Waals surface area contributed by atoms with Crippen molar-refractivity contribution < 1.29 is 22.7 Å². The van der Waals surface area contributed by atoms with Crippen molar-refractivity contribution in [1.29, 1.82) is 0 Å². The van der Waals surface area contributed by atoms with Crippen LogP contribution in [0.3, 0.4) is 0 Å². The molecule has 0 aromatic heterocycles. The van der Waals surface area contributed by atoms with Gasteiger partial charge in [0, 0.05) is 23.9 Å². The normalized spacial score (nSPS) is 11.0. The molecule has 0 aliphatic heterocycles. The number of carbonyl (C=O) groups is 2. The predicted molar refractivity (Wildman–Crippen MR) is 114 cm³/mol. The monoisotopic (exact) mass is 424 g/mol. The van der Waals surface area contributed by atoms with Crippen LogP contribution in [0.5, 0.6) is 0 Å². The minimum Gasteiger partial charge on any atom is -0.375 e. The summed E-state index contributed by atoms with van der Waals surface area (Å²) in [5.74, 6) is -0.635. The van der Waals surface area contributed by atoms with Gasteiger partial charge < -0.3 is 10.1 Å². The zero-order valence-electron chi connectivity index (χ0n) is 16.2. The molecular formula is C22H20N2O5S. The number of rotatable bonds is 8. The van der Waals surface area contributed by atoms with Crippen LogP contribution < -0.4 is 10.0 Å². The number of hydrogen-bond acceptors (Lipinski definition) is 5. The number of anilines is 2. The summed E-state index contributed by atoms with van der Waals surface area (Å²) in [5.41, 5.74) is 1.33. The number of hydrogen-bond donors (Lipinski definition) is 2. The quantitative estimate of drug-likeness (QED) is 0.540. The molecule has 0 radical (unpaired) electrons. The molecule has 0 heterocycles. The van der Waals surface area contributed by atoms with E-state index >= 15 is 0 Å². The zero-order valence-corrected chi connectivity index (χ0v) is 17.0. The summed E-state index contributed by atoms with van der Waals surface area (Å²) in [7, 11) is -2.54. The lowest BCUT2D eigenvalue weighted by atomic mass is 10.0. The van der Waals surface area contributed by atoms with Crippen LogP contribution in [0.2, 0.25) is 0 Å². The molecule has 1 amide bonds. The topological polar surface area (TPSA) is 102 Å². The molecule has 0 fully saturated rings. The van der Waals surface area contributed by atoms with E-state index in [2.05, 4.69) is 10.0 Å². The maximum absolute atomic E-state index is 12.8. The largest absolute Gasteiger partial charge is 0.375 e. The Morgan fingerprint density at radius 3 is 2.17 bits per heavy atom. The minimum atomic E-state index is -3.95. The maximum Gasteiger partial charge on any atom is 0.261 e. The van der Waals surface area contributed by atoms with Gasteiger partial charge in [0.05, 0.1) is 10.6 Å². The Morgan fingerprint density at radius 1 is 0.867 bits per heavy atom. The van der Waals surface area contributed by atoms with E-state index < -0.39 is 10.0 Å². The fourth-order valence-electron chi connectivity index (χ4n) is 2.76. The van der Waals surface area contributed by atoms with Crippen LogP contribution in [0.25, 0.3) is 0 Å². The average Bonchev–Trinajstić information content (AvgIpc) is 2.74. The molecule has 0 saturated carbocycles. The van der Waals surface area contributed by atoms with Crippen LogP contribution in [0.4, 0.5) is 11.4 Å². The van der Waals surface area contributed by atoms with E-state index in [0.29, 0.717) is 11.3 Å². The number of para-hydroxylation sites is 1. The second kappa shape index (κ2) is 9.34. The first-order valence-electron chi connectivity index (χ1n) is 9.01. The fraction of sp³-hybridized carbons (Fsp3) is 0.0909. The number of nitrogens with one attached hydrogen (secondary N) is 2. The Balaban J connectivity index is 1.82. The predicted octanol–water partition coefficient (Wildman–Crippen LogP) is 3.30. The highest BCUT2D eigenvalue weighted by Crippen LogP contribution is 2.23. The van der Waals surface area contributed by atoms with E-state index in [4.69, 9.17) is 4.74 Å². The van der Waals surface area contributed by atoms with Gasteiger partial charge in [-0.15, -0.1) is 0 Å². The third-order valence-electron chi connectivity index (χ3n) is 4.18. The van der Waals surface area contributed by atoms with Crippen molar-refractivity contribution in [3.8, 4) is 0 Å². The third-order valence-corrected chi connectivity index (χ3v) is 5.56. The molecule has 2 N–H and O–H groups in total. The maximum atomic E-state index is 12.8. The van der Waals surface area contributed by atoms with Crippen molar-refractivity contribution in [2.45, 2.75) is 4.90 Å². The van der Waals surface area contributed by atoms with E-state index in [1.807, 2.05) is 0 Å². The molecule has 0 atom stereocenters. The van der Waals surface area contributed by atoms with E-state index in [1.165, 1.54) is 37.4 Å².